The summed E-state index contributed by atoms with van der Waals surface area (Å²) in [5.74, 6) is 0. The van der Waals surface area contributed by atoms with Gasteiger partial charge in [-0.1, -0.05) is 0 Å². The molecule has 0 aliphatic carbocycles. The van der Waals surface area contributed by atoms with Gasteiger partial charge in [0.15, 0.2) is 0 Å². The van der Waals surface area contributed by atoms with E-state index in [9.17, 15) is 0 Å². The summed E-state index contributed by atoms with van der Waals surface area (Å²) in [5, 5.41) is 0. The van der Waals surface area contributed by atoms with E-state index in [0.717, 1.165) is 0 Å². The SMILES string of the molecule is CO[PH+]1OCC(C)O1. The van der Waals surface area contributed by atoms with E-state index in [0.29, 0.717) is 6.61 Å². The van der Waals surface area contributed by atoms with Gasteiger partial charge in [0, 0.05) is 0 Å². The molecule has 1 fully saturated rings. The fraction of sp³-hybridized carbons (Fsp3) is 1.00. The molecular weight excluding hydrogens is 127 g/mol. The van der Waals surface area contributed by atoms with Crippen molar-refractivity contribution in [3.05, 3.63) is 0 Å². The lowest BCUT2D eigenvalue weighted by Crippen LogP contribution is -1.99. The van der Waals surface area contributed by atoms with Crippen LogP contribution in [0, 0.1) is 0 Å². The average molecular weight is 137 g/mol. The zero-order valence-corrected chi connectivity index (χ0v) is 6.01. The lowest BCUT2D eigenvalue weighted by molar-refractivity contribution is 0.248. The Bertz CT molecular complexity index is 77.7. The first-order chi connectivity index (χ1) is 3.83. The molecule has 0 radical (unpaired) electrons. The van der Waals surface area contributed by atoms with Crippen molar-refractivity contribution in [2.75, 3.05) is 13.7 Å². The Morgan fingerprint density at radius 1 is 1.75 bits per heavy atom. The van der Waals surface area contributed by atoms with Crippen LogP contribution >= 0.6 is 8.60 Å². The van der Waals surface area contributed by atoms with E-state index in [4.69, 9.17) is 13.6 Å². The van der Waals surface area contributed by atoms with Crippen LogP contribution in [0.25, 0.3) is 0 Å². The Hall–Kier alpha value is 0.310. The van der Waals surface area contributed by atoms with Crippen molar-refractivity contribution < 1.29 is 13.6 Å². The van der Waals surface area contributed by atoms with E-state index < -0.39 is 8.60 Å². The second kappa shape index (κ2) is 2.74. The maximum atomic E-state index is 5.17. The van der Waals surface area contributed by atoms with Gasteiger partial charge in [-0.3, -0.25) is 0 Å². The lowest BCUT2D eigenvalue weighted by Gasteiger charge is -1.91. The third-order valence-corrected chi connectivity index (χ3v) is 2.23. The van der Waals surface area contributed by atoms with Crippen LogP contribution in [0.15, 0.2) is 0 Å². The fourth-order valence-corrected chi connectivity index (χ4v) is 1.57. The highest BCUT2D eigenvalue weighted by Crippen LogP contribution is 2.44. The van der Waals surface area contributed by atoms with Gasteiger partial charge in [0.2, 0.25) is 0 Å². The van der Waals surface area contributed by atoms with Gasteiger partial charge in [0.25, 0.3) is 0 Å². The standard InChI is InChI=1S/C4H10O3P/c1-4-3-6-8(5-2)7-4/h4,8H,3H2,1-2H3/q+1. The second-order valence-corrected chi connectivity index (χ2v) is 3.13. The monoisotopic (exact) mass is 137 g/mol. The molecule has 1 heterocycles. The van der Waals surface area contributed by atoms with Crippen molar-refractivity contribution in [1.82, 2.24) is 0 Å². The summed E-state index contributed by atoms with van der Waals surface area (Å²) in [5.41, 5.74) is 0. The van der Waals surface area contributed by atoms with Crippen LogP contribution in [0.3, 0.4) is 0 Å². The Balaban J connectivity index is 2.22. The molecule has 0 aromatic rings. The molecule has 4 heteroatoms. The lowest BCUT2D eigenvalue weighted by atomic mass is 10.5. The molecule has 0 amide bonds. The Morgan fingerprint density at radius 3 is 2.75 bits per heavy atom. The van der Waals surface area contributed by atoms with Gasteiger partial charge in [0.05, 0.1) is 7.11 Å². The molecule has 1 aliphatic rings. The van der Waals surface area contributed by atoms with E-state index >= 15 is 0 Å². The molecule has 0 spiro atoms. The normalized spacial score (nSPS) is 38.2. The molecule has 8 heavy (non-hydrogen) atoms. The zero-order valence-electron chi connectivity index (χ0n) is 5.01. The minimum Gasteiger partial charge on any atom is -0.183 e. The van der Waals surface area contributed by atoms with Crippen molar-refractivity contribution in [2.45, 2.75) is 13.0 Å². The predicted octanol–water partition coefficient (Wildman–Crippen LogP) is 1.03. The van der Waals surface area contributed by atoms with Gasteiger partial charge >= 0.3 is 8.60 Å². The smallest absolute Gasteiger partial charge is 0.183 e. The third-order valence-electron chi connectivity index (χ3n) is 0.900. The molecule has 0 bridgehead atoms. The fourth-order valence-electron chi connectivity index (χ4n) is 0.525. The molecule has 2 unspecified atom stereocenters. The van der Waals surface area contributed by atoms with Gasteiger partial charge < -0.3 is 0 Å². The van der Waals surface area contributed by atoms with Gasteiger partial charge in [-0.15, -0.1) is 0 Å². The number of rotatable bonds is 1. The molecule has 0 N–H and O–H groups in total. The summed E-state index contributed by atoms with van der Waals surface area (Å²) < 4.78 is 15.1. The molecule has 48 valence electrons. The highest BCUT2D eigenvalue weighted by Gasteiger charge is 2.31. The van der Waals surface area contributed by atoms with E-state index in [-0.39, 0.29) is 6.10 Å². The first-order valence-corrected chi connectivity index (χ1v) is 3.76. The van der Waals surface area contributed by atoms with Gasteiger partial charge in [-0.2, -0.15) is 13.6 Å². The summed E-state index contributed by atoms with van der Waals surface area (Å²) in [4.78, 5) is 0. The van der Waals surface area contributed by atoms with E-state index in [1.54, 1.807) is 7.11 Å². The summed E-state index contributed by atoms with van der Waals surface area (Å²) in [6.07, 6.45) is 0.226. The molecule has 1 aliphatic heterocycles. The summed E-state index contributed by atoms with van der Waals surface area (Å²) in [6, 6.07) is 0. The Labute approximate surface area is 49.9 Å². The molecule has 1 saturated heterocycles. The van der Waals surface area contributed by atoms with Crippen LogP contribution < -0.4 is 0 Å². The molecule has 0 saturated carbocycles. The Kier molecular flexibility index (Phi) is 2.20. The van der Waals surface area contributed by atoms with Crippen molar-refractivity contribution in [3.63, 3.8) is 0 Å². The van der Waals surface area contributed by atoms with Crippen LogP contribution in [0.1, 0.15) is 6.92 Å². The van der Waals surface area contributed by atoms with Crippen LogP contribution in [-0.2, 0) is 13.6 Å². The number of hydrogen-bond donors (Lipinski definition) is 0. The van der Waals surface area contributed by atoms with Crippen molar-refractivity contribution in [2.24, 2.45) is 0 Å². The topological polar surface area (TPSA) is 27.7 Å². The van der Waals surface area contributed by atoms with Gasteiger partial charge in [-0.25, -0.2) is 0 Å². The van der Waals surface area contributed by atoms with E-state index in [2.05, 4.69) is 0 Å². The van der Waals surface area contributed by atoms with Crippen LogP contribution in [-0.4, -0.2) is 19.8 Å². The summed E-state index contributed by atoms with van der Waals surface area (Å²) in [7, 11) is 0.303. The molecule has 0 aromatic heterocycles. The molecule has 3 nitrogen and oxygen atoms in total. The predicted molar refractivity (Wildman–Crippen MR) is 31.8 cm³/mol. The van der Waals surface area contributed by atoms with Crippen molar-refractivity contribution in [1.29, 1.82) is 0 Å². The van der Waals surface area contributed by atoms with Crippen LogP contribution in [0.4, 0.5) is 0 Å². The largest absolute Gasteiger partial charge is 0.398 e. The molecule has 2 atom stereocenters. The highest BCUT2D eigenvalue weighted by molar-refractivity contribution is 7.41. The quantitative estimate of drug-likeness (QED) is 0.505. The molecule has 0 aromatic carbocycles. The van der Waals surface area contributed by atoms with E-state index in [1.807, 2.05) is 6.92 Å². The molecule has 1 rings (SSSR count). The summed E-state index contributed by atoms with van der Waals surface area (Å²) >= 11 is 0. The van der Waals surface area contributed by atoms with Gasteiger partial charge in [-0.05, 0) is 6.92 Å². The Morgan fingerprint density at radius 2 is 2.50 bits per heavy atom. The minimum atomic E-state index is -1.30. The highest BCUT2D eigenvalue weighted by atomic mass is 31.2. The van der Waals surface area contributed by atoms with Crippen LogP contribution in [0.2, 0.25) is 0 Å². The second-order valence-electron chi connectivity index (χ2n) is 1.69. The van der Waals surface area contributed by atoms with Crippen molar-refractivity contribution >= 4 is 8.60 Å². The maximum Gasteiger partial charge on any atom is 0.398 e. The van der Waals surface area contributed by atoms with E-state index in [1.165, 1.54) is 0 Å². The zero-order chi connectivity index (χ0) is 5.98. The minimum absolute atomic E-state index is 0.226. The first-order valence-electron chi connectivity index (χ1n) is 2.53. The molecular formula is C4H10O3P+. The number of hydrogen-bond acceptors (Lipinski definition) is 3. The average Bonchev–Trinajstić information content (AvgIpc) is 2.14. The summed E-state index contributed by atoms with van der Waals surface area (Å²) in [6.45, 7) is 2.65. The first kappa shape index (κ1) is 6.43. The van der Waals surface area contributed by atoms with Gasteiger partial charge in [0.1, 0.15) is 12.7 Å². The van der Waals surface area contributed by atoms with Crippen LogP contribution in [0.5, 0.6) is 0 Å². The van der Waals surface area contributed by atoms with Crippen molar-refractivity contribution in [3.8, 4) is 0 Å². The third kappa shape index (κ3) is 1.39. The maximum absolute atomic E-state index is 5.17.